The SMILES string of the molecule is N#Cc1ccc(C(=O)N(CCN2CCOCC2)C2CCOCC2)cc1. The van der Waals surface area contributed by atoms with E-state index in [1.165, 1.54) is 0 Å². The fraction of sp³-hybridized carbons (Fsp3) is 0.579. The number of amides is 1. The lowest BCUT2D eigenvalue weighted by Gasteiger charge is -2.36. The number of hydrogen-bond acceptors (Lipinski definition) is 5. The topological polar surface area (TPSA) is 65.8 Å². The lowest BCUT2D eigenvalue weighted by molar-refractivity contribution is 0.0141. The third kappa shape index (κ3) is 4.79. The van der Waals surface area contributed by atoms with Gasteiger partial charge in [0.05, 0.1) is 24.8 Å². The van der Waals surface area contributed by atoms with Crippen molar-refractivity contribution in [1.82, 2.24) is 9.80 Å². The lowest BCUT2D eigenvalue weighted by Crippen LogP contribution is -2.48. The Labute approximate surface area is 148 Å². The number of carbonyl (C=O) groups excluding carboxylic acids is 1. The van der Waals surface area contributed by atoms with Crippen LogP contribution in [-0.4, -0.2) is 74.4 Å². The molecule has 2 heterocycles. The number of ether oxygens (including phenoxy) is 2. The van der Waals surface area contributed by atoms with Crippen molar-refractivity contribution >= 4 is 5.91 Å². The Hall–Kier alpha value is -1.94. The molecular weight excluding hydrogens is 318 g/mol. The van der Waals surface area contributed by atoms with Crippen molar-refractivity contribution in [3.05, 3.63) is 35.4 Å². The molecule has 6 heteroatoms. The predicted octanol–water partition coefficient (Wildman–Crippen LogP) is 1.51. The smallest absolute Gasteiger partial charge is 0.254 e. The number of nitriles is 1. The van der Waals surface area contributed by atoms with Gasteiger partial charge in [-0.25, -0.2) is 0 Å². The van der Waals surface area contributed by atoms with Gasteiger partial charge in [0.25, 0.3) is 5.91 Å². The second kappa shape index (κ2) is 8.95. The van der Waals surface area contributed by atoms with E-state index in [1.807, 2.05) is 4.90 Å². The average Bonchev–Trinajstić information content (AvgIpc) is 2.69. The molecule has 3 rings (SSSR count). The molecule has 0 aliphatic carbocycles. The number of carbonyl (C=O) groups is 1. The van der Waals surface area contributed by atoms with E-state index in [2.05, 4.69) is 11.0 Å². The molecule has 2 aliphatic heterocycles. The third-order valence-corrected chi connectivity index (χ3v) is 4.91. The van der Waals surface area contributed by atoms with Gasteiger partial charge in [0.15, 0.2) is 0 Å². The third-order valence-electron chi connectivity index (χ3n) is 4.91. The Balaban J connectivity index is 1.69. The average molecular weight is 343 g/mol. The highest BCUT2D eigenvalue weighted by atomic mass is 16.5. The highest BCUT2D eigenvalue weighted by molar-refractivity contribution is 5.94. The molecule has 6 nitrogen and oxygen atoms in total. The standard InChI is InChI=1S/C19H25N3O3/c20-15-16-1-3-17(4-2-16)19(23)22(18-5-11-24-12-6-18)8-7-21-9-13-25-14-10-21/h1-4,18H,5-14H2. The molecule has 0 N–H and O–H groups in total. The molecule has 0 atom stereocenters. The van der Waals surface area contributed by atoms with Gasteiger partial charge in [-0.05, 0) is 37.1 Å². The zero-order valence-electron chi connectivity index (χ0n) is 14.5. The van der Waals surface area contributed by atoms with Crippen molar-refractivity contribution in [3.8, 4) is 6.07 Å². The van der Waals surface area contributed by atoms with Crippen LogP contribution >= 0.6 is 0 Å². The van der Waals surface area contributed by atoms with Gasteiger partial charge in [0.2, 0.25) is 0 Å². The summed E-state index contributed by atoms with van der Waals surface area (Å²) in [6, 6.07) is 9.23. The normalized spacial score (nSPS) is 19.3. The minimum Gasteiger partial charge on any atom is -0.381 e. The molecule has 1 aromatic rings. The number of hydrogen-bond donors (Lipinski definition) is 0. The van der Waals surface area contributed by atoms with Gasteiger partial charge < -0.3 is 14.4 Å². The van der Waals surface area contributed by atoms with Crippen LogP contribution in [0.15, 0.2) is 24.3 Å². The predicted molar refractivity (Wildman–Crippen MR) is 93.3 cm³/mol. The van der Waals surface area contributed by atoms with E-state index in [0.717, 1.165) is 45.7 Å². The highest BCUT2D eigenvalue weighted by Crippen LogP contribution is 2.18. The van der Waals surface area contributed by atoms with Crippen LogP contribution in [0.5, 0.6) is 0 Å². The molecule has 25 heavy (non-hydrogen) atoms. The summed E-state index contributed by atoms with van der Waals surface area (Å²) in [5.41, 5.74) is 1.22. The molecule has 0 aromatic heterocycles. The van der Waals surface area contributed by atoms with Gasteiger partial charge in [0.1, 0.15) is 0 Å². The maximum absolute atomic E-state index is 13.1. The Morgan fingerprint density at radius 1 is 1.12 bits per heavy atom. The van der Waals surface area contributed by atoms with Crippen molar-refractivity contribution in [2.45, 2.75) is 18.9 Å². The van der Waals surface area contributed by atoms with Gasteiger partial charge in [-0.3, -0.25) is 9.69 Å². The zero-order valence-corrected chi connectivity index (χ0v) is 14.5. The van der Waals surface area contributed by atoms with Crippen molar-refractivity contribution in [2.75, 3.05) is 52.6 Å². The van der Waals surface area contributed by atoms with Crippen molar-refractivity contribution in [2.24, 2.45) is 0 Å². The van der Waals surface area contributed by atoms with Crippen LogP contribution in [0.2, 0.25) is 0 Å². The monoisotopic (exact) mass is 343 g/mol. The number of morpholine rings is 1. The van der Waals surface area contributed by atoms with E-state index in [9.17, 15) is 4.79 Å². The summed E-state index contributed by atoms with van der Waals surface area (Å²) >= 11 is 0. The summed E-state index contributed by atoms with van der Waals surface area (Å²) in [7, 11) is 0. The molecule has 134 valence electrons. The van der Waals surface area contributed by atoms with E-state index in [4.69, 9.17) is 14.7 Å². The van der Waals surface area contributed by atoms with Crippen LogP contribution in [0.4, 0.5) is 0 Å². The summed E-state index contributed by atoms with van der Waals surface area (Å²) in [5, 5.41) is 8.93. The number of benzene rings is 1. The Kier molecular flexibility index (Phi) is 6.40. The molecule has 0 radical (unpaired) electrons. The van der Waals surface area contributed by atoms with Gasteiger partial charge >= 0.3 is 0 Å². The first kappa shape index (κ1) is 17.9. The quantitative estimate of drug-likeness (QED) is 0.811. The van der Waals surface area contributed by atoms with Crippen molar-refractivity contribution in [1.29, 1.82) is 5.26 Å². The van der Waals surface area contributed by atoms with Crippen LogP contribution in [0.25, 0.3) is 0 Å². The number of rotatable bonds is 5. The summed E-state index contributed by atoms with van der Waals surface area (Å²) in [6.07, 6.45) is 1.76. The van der Waals surface area contributed by atoms with Crippen LogP contribution in [0, 0.1) is 11.3 Å². The minimum atomic E-state index is 0.0460. The van der Waals surface area contributed by atoms with Gasteiger partial charge in [-0.15, -0.1) is 0 Å². The van der Waals surface area contributed by atoms with Crippen LogP contribution in [0.1, 0.15) is 28.8 Å². The largest absolute Gasteiger partial charge is 0.381 e. The highest BCUT2D eigenvalue weighted by Gasteiger charge is 2.27. The summed E-state index contributed by atoms with van der Waals surface area (Å²) in [4.78, 5) is 17.4. The first-order valence-corrected chi connectivity index (χ1v) is 8.97. The second-order valence-corrected chi connectivity index (χ2v) is 6.49. The van der Waals surface area contributed by atoms with E-state index >= 15 is 0 Å². The molecule has 2 fully saturated rings. The van der Waals surface area contributed by atoms with Crippen molar-refractivity contribution < 1.29 is 14.3 Å². The first-order valence-electron chi connectivity index (χ1n) is 8.97. The molecule has 0 bridgehead atoms. The second-order valence-electron chi connectivity index (χ2n) is 6.49. The lowest BCUT2D eigenvalue weighted by atomic mass is 10.0. The van der Waals surface area contributed by atoms with E-state index in [-0.39, 0.29) is 11.9 Å². The van der Waals surface area contributed by atoms with Gasteiger partial charge in [-0.2, -0.15) is 5.26 Å². The Morgan fingerprint density at radius 2 is 1.76 bits per heavy atom. The molecule has 0 saturated carbocycles. The van der Waals surface area contributed by atoms with E-state index < -0.39 is 0 Å². The maximum Gasteiger partial charge on any atom is 0.254 e. The van der Waals surface area contributed by atoms with Gasteiger partial charge in [-0.1, -0.05) is 0 Å². The summed E-state index contributed by atoms with van der Waals surface area (Å²) in [5.74, 6) is 0.0460. The molecule has 1 amide bonds. The molecule has 0 spiro atoms. The molecular formula is C19H25N3O3. The number of nitrogens with zero attached hydrogens (tertiary/aromatic N) is 3. The van der Waals surface area contributed by atoms with E-state index in [0.29, 0.717) is 30.9 Å². The Morgan fingerprint density at radius 3 is 2.40 bits per heavy atom. The first-order chi connectivity index (χ1) is 12.3. The molecule has 0 unspecified atom stereocenters. The molecule has 1 aromatic carbocycles. The van der Waals surface area contributed by atoms with Crippen LogP contribution in [-0.2, 0) is 9.47 Å². The van der Waals surface area contributed by atoms with Crippen molar-refractivity contribution in [3.63, 3.8) is 0 Å². The minimum absolute atomic E-state index is 0.0460. The van der Waals surface area contributed by atoms with Gasteiger partial charge in [0, 0.05) is 51.0 Å². The molecule has 2 aliphatic rings. The van der Waals surface area contributed by atoms with Crippen LogP contribution < -0.4 is 0 Å². The fourth-order valence-corrected chi connectivity index (χ4v) is 3.37. The molecule has 2 saturated heterocycles. The Bertz CT molecular complexity index is 599. The maximum atomic E-state index is 13.1. The summed E-state index contributed by atoms with van der Waals surface area (Å²) < 4.78 is 10.9. The fourth-order valence-electron chi connectivity index (χ4n) is 3.37. The zero-order chi connectivity index (χ0) is 17.5. The van der Waals surface area contributed by atoms with Crippen LogP contribution in [0.3, 0.4) is 0 Å². The van der Waals surface area contributed by atoms with E-state index in [1.54, 1.807) is 24.3 Å². The summed E-state index contributed by atoms with van der Waals surface area (Å²) in [6.45, 7) is 6.37.